The highest BCUT2D eigenvalue weighted by molar-refractivity contribution is 14.0. The number of nitrogens with one attached hydrogen (secondary N) is 2. The number of para-hydroxylation sites is 1. The summed E-state index contributed by atoms with van der Waals surface area (Å²) in [4.78, 5) is 4.50. The van der Waals surface area contributed by atoms with Gasteiger partial charge in [0, 0.05) is 13.1 Å². The monoisotopic (exact) mass is 577 g/mol. The first-order chi connectivity index (χ1) is 15.9. The van der Waals surface area contributed by atoms with Crippen LogP contribution < -0.4 is 16.4 Å². The van der Waals surface area contributed by atoms with Gasteiger partial charge >= 0.3 is 0 Å². The lowest BCUT2D eigenvalue weighted by Gasteiger charge is -2.19. The molecule has 2 heterocycles. The summed E-state index contributed by atoms with van der Waals surface area (Å²) in [5.74, 6) is 2.16. The van der Waals surface area contributed by atoms with E-state index in [1.165, 1.54) is 0 Å². The number of nitrogens with two attached hydrogens (primary N) is 1. The zero-order valence-corrected chi connectivity index (χ0v) is 22.0. The van der Waals surface area contributed by atoms with E-state index in [1.54, 1.807) is 17.7 Å². The average Bonchev–Trinajstić information content (AvgIpc) is 3.39. The molecular weight excluding hydrogens is 545 g/mol. The highest BCUT2D eigenvalue weighted by Gasteiger charge is 2.26. The molecule has 3 rings (SSSR count). The molecule has 0 saturated heterocycles. The van der Waals surface area contributed by atoms with Crippen LogP contribution in [0.15, 0.2) is 51.9 Å². The lowest BCUT2D eigenvalue weighted by Crippen LogP contribution is -2.39. The zero-order chi connectivity index (χ0) is 23.8. The molecule has 0 spiro atoms. The molecule has 0 aliphatic carbocycles. The van der Waals surface area contributed by atoms with Gasteiger partial charge in [-0.15, -0.1) is 24.0 Å². The van der Waals surface area contributed by atoms with Crippen molar-refractivity contribution in [2.24, 2.45) is 4.99 Å². The summed E-state index contributed by atoms with van der Waals surface area (Å²) in [5.41, 5.74) is 6.85. The van der Waals surface area contributed by atoms with Crippen LogP contribution in [0.2, 0.25) is 0 Å². The molecule has 5 N–H and O–H groups in total. The fraction of sp³-hybridized carbons (Fsp3) is 0.375. The number of benzene rings is 1. The summed E-state index contributed by atoms with van der Waals surface area (Å²) in [6.07, 6.45) is 1.31. The Labute approximate surface area is 217 Å². The van der Waals surface area contributed by atoms with Crippen LogP contribution in [0.4, 0.5) is 5.82 Å². The fourth-order valence-electron chi connectivity index (χ4n) is 3.38. The van der Waals surface area contributed by atoms with Crippen molar-refractivity contribution in [3.8, 4) is 11.8 Å². The molecule has 0 aliphatic rings. The number of guanidine groups is 1. The molecule has 3 aromatic rings. The maximum absolute atomic E-state index is 10.7. The fourth-order valence-corrected chi connectivity index (χ4v) is 3.38. The first-order valence-corrected chi connectivity index (χ1v) is 11.0. The van der Waals surface area contributed by atoms with E-state index in [-0.39, 0.29) is 30.5 Å². The predicted octanol–water partition coefficient (Wildman–Crippen LogP) is 3.24. The number of anilines is 1. The van der Waals surface area contributed by atoms with E-state index in [0.29, 0.717) is 48.3 Å². The second-order valence-electron chi connectivity index (χ2n) is 7.98. The van der Waals surface area contributed by atoms with E-state index in [2.05, 4.69) is 26.8 Å². The average molecular weight is 577 g/mol. The highest BCUT2D eigenvalue weighted by atomic mass is 127. The molecule has 0 saturated carbocycles. The number of aliphatic imine (C=N–C) groups is 1. The van der Waals surface area contributed by atoms with Gasteiger partial charge < -0.3 is 25.9 Å². The van der Waals surface area contributed by atoms with E-state index >= 15 is 0 Å². The number of hydrogen-bond acceptors (Lipinski definition) is 6. The van der Waals surface area contributed by atoms with E-state index in [9.17, 15) is 10.4 Å². The van der Waals surface area contributed by atoms with Crippen LogP contribution in [0.25, 0.3) is 5.69 Å². The molecule has 9 nitrogen and oxygen atoms in total. The Kier molecular flexibility index (Phi) is 9.95. The quantitative estimate of drug-likeness (QED) is 0.133. The van der Waals surface area contributed by atoms with Crippen molar-refractivity contribution in [3.05, 3.63) is 65.2 Å². The Morgan fingerprint density at radius 2 is 2.00 bits per heavy atom. The highest BCUT2D eigenvalue weighted by Crippen LogP contribution is 2.23. The second kappa shape index (κ2) is 12.4. The molecule has 2 aromatic heterocycles. The molecule has 0 aliphatic heterocycles. The molecule has 34 heavy (non-hydrogen) atoms. The van der Waals surface area contributed by atoms with Crippen LogP contribution in [0.3, 0.4) is 0 Å². The number of nitrogens with zero attached hydrogens (tertiary/aromatic N) is 4. The van der Waals surface area contributed by atoms with Crippen molar-refractivity contribution in [3.63, 3.8) is 0 Å². The van der Waals surface area contributed by atoms with Gasteiger partial charge in [0.05, 0.1) is 17.9 Å². The Bertz CT molecular complexity index is 1130. The number of nitriles is 1. The van der Waals surface area contributed by atoms with E-state index < -0.39 is 5.60 Å². The van der Waals surface area contributed by atoms with Crippen LogP contribution >= 0.6 is 24.0 Å². The Morgan fingerprint density at radius 3 is 2.62 bits per heavy atom. The van der Waals surface area contributed by atoms with Crippen LogP contribution in [-0.4, -0.2) is 40.5 Å². The standard InChI is InChI=1S/C24H31N7O2.HI/c1-4-27-23(29-16-24(3,32)21-13-12-17(2)33-21)28-14-8-11-20-19(15-25)22(26)31(30-20)18-9-6-5-7-10-18;/h5-7,9-10,12-13,32H,4,8,11,14,16,26H2,1-3H3,(H2,27,28,29);1H. The molecule has 0 fully saturated rings. The lowest BCUT2D eigenvalue weighted by atomic mass is 10.0. The maximum Gasteiger partial charge on any atom is 0.191 e. The predicted molar refractivity (Wildman–Crippen MR) is 143 cm³/mol. The molecule has 182 valence electrons. The summed E-state index contributed by atoms with van der Waals surface area (Å²) in [6, 6.07) is 15.3. The molecular formula is C24H32IN7O2. The smallest absolute Gasteiger partial charge is 0.191 e. The summed E-state index contributed by atoms with van der Waals surface area (Å²) < 4.78 is 7.15. The van der Waals surface area contributed by atoms with Gasteiger partial charge in [0.15, 0.2) is 5.96 Å². The van der Waals surface area contributed by atoms with Crippen LogP contribution in [0, 0.1) is 18.3 Å². The minimum absolute atomic E-state index is 0. The number of aromatic nitrogens is 2. The van der Waals surface area contributed by atoms with Gasteiger partial charge in [-0.25, -0.2) is 9.67 Å². The third-order valence-electron chi connectivity index (χ3n) is 5.15. The number of hydrogen-bond donors (Lipinski definition) is 4. The van der Waals surface area contributed by atoms with E-state index in [4.69, 9.17) is 10.2 Å². The number of aryl methyl sites for hydroxylation is 2. The maximum atomic E-state index is 10.7. The minimum atomic E-state index is -1.21. The SMILES string of the molecule is CCNC(=NCC(C)(O)c1ccc(C)o1)NCCCc1nn(-c2ccccc2)c(N)c1C#N.I. The summed E-state index contributed by atoms with van der Waals surface area (Å²) in [6.45, 7) is 6.93. The second-order valence-corrected chi connectivity index (χ2v) is 7.98. The van der Waals surface area contributed by atoms with Crippen molar-refractivity contribution < 1.29 is 9.52 Å². The van der Waals surface area contributed by atoms with Gasteiger partial charge in [0.2, 0.25) is 0 Å². The van der Waals surface area contributed by atoms with Crippen molar-refractivity contribution in [2.45, 2.75) is 39.2 Å². The third-order valence-corrected chi connectivity index (χ3v) is 5.15. The first-order valence-electron chi connectivity index (χ1n) is 11.0. The molecule has 0 radical (unpaired) electrons. The normalized spacial score (nSPS) is 13.0. The molecule has 1 unspecified atom stereocenters. The molecule has 0 amide bonds. The molecule has 1 atom stereocenters. The van der Waals surface area contributed by atoms with Gasteiger partial charge in [-0.05, 0) is 57.9 Å². The van der Waals surface area contributed by atoms with Crippen LogP contribution in [-0.2, 0) is 12.0 Å². The van der Waals surface area contributed by atoms with Gasteiger partial charge in [-0.3, -0.25) is 0 Å². The Balaban J connectivity index is 0.00000408. The molecule has 0 bridgehead atoms. The van der Waals surface area contributed by atoms with Gasteiger partial charge in [0.1, 0.15) is 34.6 Å². The van der Waals surface area contributed by atoms with Gasteiger partial charge in [-0.2, -0.15) is 10.4 Å². The van der Waals surface area contributed by atoms with Crippen LogP contribution in [0.5, 0.6) is 0 Å². The summed E-state index contributed by atoms with van der Waals surface area (Å²) >= 11 is 0. The largest absolute Gasteiger partial charge is 0.463 e. The van der Waals surface area contributed by atoms with E-state index in [0.717, 1.165) is 17.9 Å². The summed E-state index contributed by atoms with van der Waals surface area (Å²) in [7, 11) is 0. The lowest BCUT2D eigenvalue weighted by molar-refractivity contribution is 0.0428. The van der Waals surface area contributed by atoms with Crippen LogP contribution in [0.1, 0.15) is 43.0 Å². The molecule has 10 heteroatoms. The van der Waals surface area contributed by atoms with Gasteiger partial charge in [-0.1, -0.05) is 18.2 Å². The number of nitrogen functional groups attached to an aromatic ring is 1. The number of rotatable bonds is 9. The number of furan rings is 1. The van der Waals surface area contributed by atoms with Crippen molar-refractivity contribution in [2.75, 3.05) is 25.4 Å². The van der Waals surface area contributed by atoms with E-state index in [1.807, 2.05) is 50.2 Å². The van der Waals surface area contributed by atoms with Crippen molar-refractivity contribution >= 4 is 35.8 Å². The minimum Gasteiger partial charge on any atom is -0.463 e. The Morgan fingerprint density at radius 1 is 1.26 bits per heavy atom. The number of halogens is 1. The third kappa shape index (κ3) is 6.74. The first kappa shape index (κ1) is 27.2. The number of aliphatic hydroxyl groups is 1. The topological polar surface area (TPSA) is 137 Å². The molecule has 1 aromatic carbocycles. The Hall–Kier alpha value is -3.04. The zero-order valence-electron chi connectivity index (χ0n) is 19.7. The van der Waals surface area contributed by atoms with Crippen molar-refractivity contribution in [1.29, 1.82) is 5.26 Å². The van der Waals surface area contributed by atoms with Gasteiger partial charge in [0.25, 0.3) is 0 Å². The van der Waals surface area contributed by atoms with Crippen molar-refractivity contribution in [1.82, 2.24) is 20.4 Å². The summed E-state index contributed by atoms with van der Waals surface area (Å²) in [5, 5.41) is 31.3.